The number of hydrogen-bond donors (Lipinski definition) is 2. The van der Waals surface area contributed by atoms with E-state index >= 15 is 0 Å². The lowest BCUT2D eigenvalue weighted by molar-refractivity contribution is -0.116. The van der Waals surface area contributed by atoms with Gasteiger partial charge in [0, 0.05) is 24.7 Å². The number of phenolic OH excluding ortho intramolecular Hbond substituents is 1. The van der Waals surface area contributed by atoms with Gasteiger partial charge in [0.15, 0.2) is 5.75 Å². The molecular weight excluding hydrogens is 576 g/mol. The van der Waals surface area contributed by atoms with E-state index in [2.05, 4.69) is 12.2 Å². The highest BCUT2D eigenvalue weighted by atomic mass is 16.5. The quantitative estimate of drug-likeness (QED) is 0.114. The molecule has 0 spiro atoms. The van der Waals surface area contributed by atoms with Gasteiger partial charge in [-0.1, -0.05) is 107 Å². The summed E-state index contributed by atoms with van der Waals surface area (Å²) in [6.45, 7) is 6.25. The minimum absolute atomic E-state index is 0.0632. The first-order valence-electron chi connectivity index (χ1n) is 16.6. The highest BCUT2D eigenvalue weighted by Gasteiger charge is 2.21. The van der Waals surface area contributed by atoms with Crippen LogP contribution in [0.4, 0.5) is 11.4 Å². The number of ether oxygens (including phenoxy) is 2. The fourth-order valence-corrected chi connectivity index (χ4v) is 5.52. The summed E-state index contributed by atoms with van der Waals surface area (Å²) in [6.07, 6.45) is 12.5. The first-order chi connectivity index (χ1) is 22.3. The summed E-state index contributed by atoms with van der Waals surface area (Å²) in [6, 6.07) is 21.6. The fourth-order valence-electron chi connectivity index (χ4n) is 5.52. The largest absolute Gasteiger partial charge is 0.506 e. The number of benzene rings is 4. The maximum Gasteiger partial charge on any atom is 0.259 e. The van der Waals surface area contributed by atoms with Crippen molar-refractivity contribution in [3.63, 3.8) is 0 Å². The molecular formula is C39H48N2O5. The number of para-hydroxylation sites is 2. The van der Waals surface area contributed by atoms with Gasteiger partial charge in [0.25, 0.3) is 5.91 Å². The molecule has 7 heteroatoms. The summed E-state index contributed by atoms with van der Waals surface area (Å²) in [5, 5.41) is 15.3. The van der Waals surface area contributed by atoms with Crippen LogP contribution in [0.3, 0.4) is 0 Å². The number of rotatable bonds is 17. The Kier molecular flexibility index (Phi) is 12.9. The van der Waals surface area contributed by atoms with Gasteiger partial charge in [0.05, 0.1) is 23.5 Å². The Morgan fingerprint density at radius 1 is 0.761 bits per heavy atom. The number of hydrogen-bond acceptors (Lipinski definition) is 5. The average molecular weight is 625 g/mol. The third-order valence-corrected chi connectivity index (χ3v) is 8.28. The molecule has 0 fully saturated rings. The molecule has 0 saturated heterocycles. The van der Waals surface area contributed by atoms with Crippen molar-refractivity contribution in [1.82, 2.24) is 0 Å². The number of aromatic hydroxyl groups is 1. The van der Waals surface area contributed by atoms with Crippen LogP contribution in [0.25, 0.3) is 10.8 Å². The van der Waals surface area contributed by atoms with Crippen LogP contribution in [0.1, 0.15) is 94.0 Å². The van der Waals surface area contributed by atoms with Crippen LogP contribution in [0, 0.1) is 6.92 Å². The molecule has 0 aliphatic rings. The highest BCUT2D eigenvalue weighted by molar-refractivity contribution is 6.11. The molecule has 244 valence electrons. The number of aryl methyl sites for hydroxylation is 1. The molecule has 4 rings (SSSR count). The van der Waals surface area contributed by atoms with E-state index in [1.807, 2.05) is 49.4 Å². The third-order valence-electron chi connectivity index (χ3n) is 8.28. The SMILES string of the molecule is CCCCCCCCCCCCOc1ccc(C)cc1NC(=O)c1cc(Oc2ccccc2N(C)C(C)=O)c2ccccc2c1O. The molecule has 4 aromatic carbocycles. The predicted octanol–water partition coefficient (Wildman–Crippen LogP) is 10.2. The average Bonchev–Trinajstić information content (AvgIpc) is 3.05. The zero-order valence-electron chi connectivity index (χ0n) is 27.7. The van der Waals surface area contributed by atoms with Gasteiger partial charge in [-0.3, -0.25) is 9.59 Å². The first kappa shape index (κ1) is 34.4. The van der Waals surface area contributed by atoms with E-state index in [0.717, 1.165) is 18.4 Å². The summed E-state index contributed by atoms with van der Waals surface area (Å²) < 4.78 is 12.5. The number of amides is 2. The Hall–Kier alpha value is -4.52. The number of nitrogens with zero attached hydrogens (tertiary/aromatic N) is 1. The standard InChI is InChI=1S/C39H48N2O5/c1-5-6-7-8-9-10-11-12-13-18-25-45-35-24-23-28(2)26-33(35)40-39(44)32-27-37(30-19-14-15-20-31(30)38(32)43)46-36-22-17-16-21-34(36)41(4)29(3)42/h14-17,19-24,26-27,43H,5-13,18,25H2,1-4H3,(H,40,44). The van der Waals surface area contributed by atoms with Crippen molar-refractivity contribution in [2.45, 2.75) is 85.0 Å². The molecule has 0 radical (unpaired) electrons. The van der Waals surface area contributed by atoms with Crippen molar-refractivity contribution in [2.75, 3.05) is 23.9 Å². The van der Waals surface area contributed by atoms with E-state index in [1.165, 1.54) is 69.3 Å². The first-order valence-corrected chi connectivity index (χ1v) is 16.6. The highest BCUT2D eigenvalue weighted by Crippen LogP contribution is 2.41. The van der Waals surface area contributed by atoms with Gasteiger partial charge in [-0.25, -0.2) is 0 Å². The van der Waals surface area contributed by atoms with Gasteiger partial charge >= 0.3 is 0 Å². The molecule has 0 aliphatic carbocycles. The minimum Gasteiger partial charge on any atom is -0.506 e. The second-order valence-electron chi connectivity index (χ2n) is 11.9. The molecule has 0 saturated carbocycles. The van der Waals surface area contributed by atoms with E-state index < -0.39 is 5.91 Å². The number of carbonyl (C=O) groups excluding carboxylic acids is 2. The Morgan fingerprint density at radius 3 is 2.09 bits per heavy atom. The second-order valence-corrected chi connectivity index (χ2v) is 11.9. The van der Waals surface area contributed by atoms with Crippen molar-refractivity contribution in [3.8, 4) is 23.0 Å². The summed E-state index contributed by atoms with van der Waals surface area (Å²) in [5.41, 5.74) is 2.16. The van der Waals surface area contributed by atoms with Crippen molar-refractivity contribution in [3.05, 3.63) is 83.9 Å². The molecule has 2 amide bonds. The lowest BCUT2D eigenvalue weighted by Gasteiger charge is -2.20. The fraction of sp³-hybridized carbons (Fsp3) is 0.385. The summed E-state index contributed by atoms with van der Waals surface area (Å²) in [5.74, 6) is 0.643. The Bertz CT molecular complexity index is 1620. The van der Waals surface area contributed by atoms with Crippen LogP contribution in [-0.4, -0.2) is 30.6 Å². The lowest BCUT2D eigenvalue weighted by Crippen LogP contribution is -2.23. The Morgan fingerprint density at radius 2 is 1.39 bits per heavy atom. The zero-order chi connectivity index (χ0) is 32.9. The van der Waals surface area contributed by atoms with E-state index in [1.54, 1.807) is 31.3 Å². The predicted molar refractivity (Wildman–Crippen MR) is 188 cm³/mol. The number of carbonyl (C=O) groups is 2. The van der Waals surface area contributed by atoms with Gasteiger partial charge in [-0.2, -0.15) is 0 Å². The minimum atomic E-state index is -0.489. The van der Waals surface area contributed by atoms with Gasteiger partial charge in [0.1, 0.15) is 17.2 Å². The van der Waals surface area contributed by atoms with Gasteiger partial charge in [-0.15, -0.1) is 0 Å². The van der Waals surface area contributed by atoms with Crippen molar-refractivity contribution in [2.24, 2.45) is 0 Å². The van der Waals surface area contributed by atoms with Crippen LogP contribution < -0.4 is 19.7 Å². The molecule has 0 aromatic heterocycles. The molecule has 0 bridgehead atoms. The molecule has 2 N–H and O–H groups in total. The lowest BCUT2D eigenvalue weighted by atomic mass is 10.0. The number of unbranched alkanes of at least 4 members (excludes halogenated alkanes) is 9. The molecule has 4 aromatic rings. The summed E-state index contributed by atoms with van der Waals surface area (Å²) in [4.78, 5) is 27.4. The van der Waals surface area contributed by atoms with Gasteiger partial charge in [-0.05, 0) is 49.2 Å². The molecule has 0 aliphatic heterocycles. The molecule has 0 atom stereocenters. The molecule has 46 heavy (non-hydrogen) atoms. The van der Waals surface area contributed by atoms with Crippen LogP contribution in [-0.2, 0) is 4.79 Å². The maximum absolute atomic E-state index is 13.7. The smallest absolute Gasteiger partial charge is 0.259 e. The normalized spacial score (nSPS) is 11.0. The van der Waals surface area contributed by atoms with Crippen molar-refractivity contribution >= 4 is 34.0 Å². The summed E-state index contributed by atoms with van der Waals surface area (Å²) in [7, 11) is 1.68. The number of anilines is 2. The maximum atomic E-state index is 13.7. The van der Waals surface area contributed by atoms with Gasteiger partial charge < -0.3 is 24.8 Å². The number of nitrogens with one attached hydrogen (secondary N) is 1. The van der Waals surface area contributed by atoms with Crippen molar-refractivity contribution < 1.29 is 24.2 Å². The van der Waals surface area contributed by atoms with E-state index in [4.69, 9.17) is 9.47 Å². The Labute approximate surface area is 273 Å². The van der Waals surface area contributed by atoms with Crippen LogP contribution in [0.2, 0.25) is 0 Å². The van der Waals surface area contributed by atoms with Gasteiger partial charge in [0.2, 0.25) is 5.91 Å². The van der Waals surface area contributed by atoms with Crippen LogP contribution in [0.15, 0.2) is 72.8 Å². The third kappa shape index (κ3) is 9.25. The van der Waals surface area contributed by atoms with Crippen molar-refractivity contribution in [1.29, 1.82) is 0 Å². The topological polar surface area (TPSA) is 88.1 Å². The molecule has 0 heterocycles. The summed E-state index contributed by atoms with van der Waals surface area (Å²) >= 11 is 0. The Balaban J connectivity index is 1.47. The second kappa shape index (κ2) is 17.2. The number of phenols is 1. The molecule has 7 nitrogen and oxygen atoms in total. The van der Waals surface area contributed by atoms with Crippen LogP contribution in [0.5, 0.6) is 23.0 Å². The van der Waals surface area contributed by atoms with E-state index in [-0.39, 0.29) is 17.2 Å². The molecule has 0 unspecified atom stereocenters. The monoisotopic (exact) mass is 624 g/mol. The van der Waals surface area contributed by atoms with E-state index in [9.17, 15) is 14.7 Å². The van der Waals surface area contributed by atoms with Crippen LogP contribution >= 0.6 is 0 Å². The van der Waals surface area contributed by atoms with E-state index in [0.29, 0.717) is 46.0 Å². The zero-order valence-corrected chi connectivity index (χ0v) is 27.7. The number of fused-ring (bicyclic) bond motifs is 1.